The highest BCUT2D eigenvalue weighted by Gasteiger charge is 2.13. The van der Waals surface area contributed by atoms with Gasteiger partial charge in [-0.1, -0.05) is 48.5 Å². The predicted octanol–water partition coefficient (Wildman–Crippen LogP) is 2.48. The molecule has 0 fully saturated rings. The summed E-state index contributed by atoms with van der Waals surface area (Å²) in [7, 11) is 0. The zero-order chi connectivity index (χ0) is 15.6. The van der Waals surface area contributed by atoms with E-state index < -0.39 is 0 Å². The molecular formula is C18H23N3O. The van der Waals surface area contributed by atoms with Gasteiger partial charge < -0.3 is 16.0 Å². The fraction of sp³-hybridized carbons (Fsp3) is 0.278. The molecule has 4 heteroatoms. The van der Waals surface area contributed by atoms with Crippen LogP contribution in [0.5, 0.6) is 0 Å². The van der Waals surface area contributed by atoms with Crippen LogP contribution in [0.1, 0.15) is 12.0 Å². The van der Waals surface area contributed by atoms with E-state index in [9.17, 15) is 4.79 Å². The van der Waals surface area contributed by atoms with E-state index in [4.69, 9.17) is 5.73 Å². The number of para-hydroxylation sites is 1. The minimum atomic E-state index is 0.0844. The monoisotopic (exact) mass is 297 g/mol. The topological polar surface area (TPSA) is 58.4 Å². The summed E-state index contributed by atoms with van der Waals surface area (Å²) in [6.07, 6.45) is 0.809. The van der Waals surface area contributed by atoms with Crippen LogP contribution in [0.3, 0.4) is 0 Å². The van der Waals surface area contributed by atoms with E-state index in [1.54, 1.807) is 0 Å². The van der Waals surface area contributed by atoms with Crippen LogP contribution in [-0.2, 0) is 11.3 Å². The Morgan fingerprint density at radius 3 is 2.27 bits per heavy atom. The smallest absolute Gasteiger partial charge is 0.242 e. The number of carbonyl (C=O) groups is 1. The van der Waals surface area contributed by atoms with Crippen molar-refractivity contribution in [3.05, 3.63) is 66.2 Å². The highest BCUT2D eigenvalue weighted by molar-refractivity contribution is 5.80. The largest absolute Gasteiger partial charge is 0.376 e. The third-order valence-electron chi connectivity index (χ3n) is 3.42. The van der Waals surface area contributed by atoms with Crippen LogP contribution in [0.2, 0.25) is 0 Å². The molecule has 2 rings (SSSR count). The van der Waals surface area contributed by atoms with E-state index in [0.717, 1.165) is 17.7 Å². The number of hydrogen-bond acceptors (Lipinski definition) is 3. The van der Waals surface area contributed by atoms with E-state index in [1.807, 2.05) is 65.6 Å². The van der Waals surface area contributed by atoms with Crippen molar-refractivity contribution in [1.82, 2.24) is 4.90 Å². The summed E-state index contributed by atoms with van der Waals surface area (Å²) in [6, 6.07) is 19.8. The third-order valence-corrected chi connectivity index (χ3v) is 3.42. The van der Waals surface area contributed by atoms with E-state index in [0.29, 0.717) is 26.2 Å². The van der Waals surface area contributed by atoms with E-state index in [-0.39, 0.29) is 5.91 Å². The maximum atomic E-state index is 12.4. The lowest BCUT2D eigenvalue weighted by Gasteiger charge is -2.23. The Labute approximate surface area is 131 Å². The number of nitrogens with two attached hydrogens (primary N) is 1. The molecule has 3 N–H and O–H groups in total. The van der Waals surface area contributed by atoms with Gasteiger partial charge in [0.1, 0.15) is 0 Å². The predicted molar refractivity (Wildman–Crippen MR) is 90.5 cm³/mol. The number of hydrogen-bond donors (Lipinski definition) is 2. The highest BCUT2D eigenvalue weighted by atomic mass is 16.2. The van der Waals surface area contributed by atoms with Crippen LogP contribution in [0.4, 0.5) is 5.69 Å². The van der Waals surface area contributed by atoms with Crippen LogP contribution in [0.15, 0.2) is 60.7 Å². The van der Waals surface area contributed by atoms with Gasteiger partial charge in [0.15, 0.2) is 0 Å². The Morgan fingerprint density at radius 2 is 1.64 bits per heavy atom. The van der Waals surface area contributed by atoms with Gasteiger partial charge in [-0.05, 0) is 30.7 Å². The second-order valence-electron chi connectivity index (χ2n) is 5.16. The molecule has 0 aliphatic carbocycles. The molecule has 0 saturated carbocycles. The van der Waals surface area contributed by atoms with Crippen molar-refractivity contribution in [1.29, 1.82) is 0 Å². The summed E-state index contributed by atoms with van der Waals surface area (Å²) >= 11 is 0. The number of carbonyl (C=O) groups excluding carboxylic acids is 1. The molecule has 0 unspecified atom stereocenters. The maximum Gasteiger partial charge on any atom is 0.242 e. The lowest BCUT2D eigenvalue weighted by molar-refractivity contribution is -0.129. The van der Waals surface area contributed by atoms with Crippen molar-refractivity contribution in [3.63, 3.8) is 0 Å². The fourth-order valence-corrected chi connectivity index (χ4v) is 2.22. The van der Waals surface area contributed by atoms with Gasteiger partial charge in [-0.3, -0.25) is 4.79 Å². The van der Waals surface area contributed by atoms with Crippen molar-refractivity contribution in [2.75, 3.05) is 25.0 Å². The lowest BCUT2D eigenvalue weighted by atomic mass is 10.2. The van der Waals surface area contributed by atoms with Gasteiger partial charge in [-0.25, -0.2) is 0 Å². The normalized spacial score (nSPS) is 10.2. The second kappa shape index (κ2) is 8.85. The van der Waals surface area contributed by atoms with E-state index >= 15 is 0 Å². The zero-order valence-electron chi connectivity index (χ0n) is 12.7. The Kier molecular flexibility index (Phi) is 6.45. The minimum Gasteiger partial charge on any atom is -0.376 e. The standard InChI is InChI=1S/C18H23N3O/c19-12-7-13-21(15-16-8-3-1-4-9-16)18(22)14-20-17-10-5-2-6-11-17/h1-6,8-11,20H,7,12-15,19H2. The molecule has 0 atom stereocenters. The van der Waals surface area contributed by atoms with Crippen molar-refractivity contribution in [3.8, 4) is 0 Å². The SMILES string of the molecule is NCCCN(Cc1ccccc1)C(=O)CNc1ccccc1. The summed E-state index contributed by atoms with van der Waals surface area (Å²) in [6.45, 7) is 2.18. The first-order valence-electron chi connectivity index (χ1n) is 7.60. The first-order valence-corrected chi connectivity index (χ1v) is 7.60. The number of amides is 1. The molecule has 0 aliphatic heterocycles. The average molecular weight is 297 g/mol. The molecule has 1 amide bonds. The second-order valence-corrected chi connectivity index (χ2v) is 5.16. The van der Waals surface area contributed by atoms with Gasteiger partial charge in [0.05, 0.1) is 6.54 Å². The first-order chi connectivity index (χ1) is 10.8. The summed E-state index contributed by atoms with van der Waals surface area (Å²) in [4.78, 5) is 14.3. The molecule has 22 heavy (non-hydrogen) atoms. The van der Waals surface area contributed by atoms with Crippen LogP contribution < -0.4 is 11.1 Å². The van der Waals surface area contributed by atoms with Gasteiger partial charge in [0, 0.05) is 18.8 Å². The number of nitrogens with zero attached hydrogens (tertiary/aromatic N) is 1. The molecule has 2 aromatic carbocycles. The number of benzene rings is 2. The fourth-order valence-electron chi connectivity index (χ4n) is 2.22. The Bertz CT molecular complexity index is 557. The number of rotatable bonds is 8. The van der Waals surface area contributed by atoms with Crippen LogP contribution >= 0.6 is 0 Å². The molecule has 2 aromatic rings. The molecular weight excluding hydrogens is 274 g/mol. The Hall–Kier alpha value is -2.33. The molecule has 0 saturated heterocycles. The first kappa shape index (κ1) is 16.0. The molecule has 0 radical (unpaired) electrons. The summed E-state index contributed by atoms with van der Waals surface area (Å²) < 4.78 is 0. The van der Waals surface area contributed by atoms with Gasteiger partial charge in [0.2, 0.25) is 5.91 Å². The maximum absolute atomic E-state index is 12.4. The molecule has 0 heterocycles. The van der Waals surface area contributed by atoms with Crippen molar-refractivity contribution in [2.45, 2.75) is 13.0 Å². The van der Waals surface area contributed by atoms with Crippen molar-refractivity contribution in [2.24, 2.45) is 5.73 Å². The van der Waals surface area contributed by atoms with E-state index in [1.165, 1.54) is 0 Å². The quantitative estimate of drug-likeness (QED) is 0.787. The molecule has 116 valence electrons. The van der Waals surface area contributed by atoms with Crippen LogP contribution in [0.25, 0.3) is 0 Å². The van der Waals surface area contributed by atoms with Crippen LogP contribution in [-0.4, -0.2) is 30.4 Å². The molecule has 0 aliphatic rings. The lowest BCUT2D eigenvalue weighted by Crippen LogP contribution is -2.36. The molecule has 0 bridgehead atoms. The average Bonchev–Trinajstić information content (AvgIpc) is 2.58. The zero-order valence-corrected chi connectivity index (χ0v) is 12.7. The van der Waals surface area contributed by atoms with Crippen molar-refractivity contribution >= 4 is 11.6 Å². The van der Waals surface area contributed by atoms with Gasteiger partial charge >= 0.3 is 0 Å². The highest BCUT2D eigenvalue weighted by Crippen LogP contribution is 2.08. The third kappa shape index (κ3) is 5.22. The minimum absolute atomic E-state index is 0.0844. The summed E-state index contributed by atoms with van der Waals surface area (Å²) in [5.41, 5.74) is 7.67. The molecule has 0 aromatic heterocycles. The Balaban J connectivity index is 1.93. The molecule has 0 spiro atoms. The summed E-state index contributed by atoms with van der Waals surface area (Å²) in [5, 5.41) is 3.16. The van der Waals surface area contributed by atoms with Gasteiger partial charge in [0.25, 0.3) is 0 Å². The van der Waals surface area contributed by atoms with Gasteiger partial charge in [-0.15, -0.1) is 0 Å². The number of anilines is 1. The molecule has 4 nitrogen and oxygen atoms in total. The van der Waals surface area contributed by atoms with Crippen molar-refractivity contribution < 1.29 is 4.79 Å². The Morgan fingerprint density at radius 1 is 1.00 bits per heavy atom. The van der Waals surface area contributed by atoms with Gasteiger partial charge in [-0.2, -0.15) is 0 Å². The number of nitrogens with one attached hydrogen (secondary N) is 1. The van der Waals surface area contributed by atoms with Crippen LogP contribution in [0, 0.1) is 0 Å². The summed E-state index contributed by atoms with van der Waals surface area (Å²) in [5.74, 6) is 0.0844. The van der Waals surface area contributed by atoms with E-state index in [2.05, 4.69) is 5.32 Å².